The molecule has 1 atom stereocenters. The van der Waals surface area contributed by atoms with E-state index < -0.39 is 0 Å². The Kier molecular flexibility index (Phi) is 5.11. The molecule has 2 N–H and O–H groups in total. The normalized spacial score (nSPS) is 11.6. The van der Waals surface area contributed by atoms with E-state index in [2.05, 4.69) is 53.7 Å². The Morgan fingerprint density at radius 2 is 1.90 bits per heavy atom. The van der Waals surface area contributed by atoms with Gasteiger partial charge in [-0.1, -0.05) is 29.8 Å². The van der Waals surface area contributed by atoms with Crippen LogP contribution in [0.5, 0.6) is 5.88 Å². The topological polar surface area (TPSA) is 46.2 Å². The fourth-order valence-corrected chi connectivity index (χ4v) is 2.17. The first-order chi connectivity index (χ1) is 10.1. The van der Waals surface area contributed by atoms with E-state index in [4.69, 9.17) is 17.0 Å². The predicted octanol–water partition coefficient (Wildman–Crippen LogP) is 3.45. The lowest BCUT2D eigenvalue weighted by atomic mass is 10.1. The summed E-state index contributed by atoms with van der Waals surface area (Å²) in [7, 11) is 1.59. The van der Waals surface area contributed by atoms with Crippen molar-refractivity contribution < 1.29 is 4.74 Å². The number of rotatable bonds is 4. The SMILES string of the molecule is COc1ccc(NC(=S)NC(C)c2ccc(C)cc2)cn1. The molecular weight excluding hydrogens is 282 g/mol. The van der Waals surface area contributed by atoms with Gasteiger partial charge < -0.3 is 15.4 Å². The van der Waals surface area contributed by atoms with Crippen LogP contribution in [0.3, 0.4) is 0 Å². The molecule has 0 fully saturated rings. The van der Waals surface area contributed by atoms with E-state index >= 15 is 0 Å². The molecule has 1 aromatic heterocycles. The number of methoxy groups -OCH3 is 1. The largest absolute Gasteiger partial charge is 0.481 e. The molecular formula is C16H19N3OS. The Morgan fingerprint density at radius 1 is 1.19 bits per heavy atom. The van der Waals surface area contributed by atoms with Crippen molar-refractivity contribution in [1.82, 2.24) is 10.3 Å². The molecule has 0 saturated heterocycles. The summed E-state index contributed by atoms with van der Waals surface area (Å²) in [4.78, 5) is 4.13. The van der Waals surface area contributed by atoms with Crippen LogP contribution in [0.15, 0.2) is 42.6 Å². The van der Waals surface area contributed by atoms with Crippen molar-refractivity contribution in [3.05, 3.63) is 53.7 Å². The fourth-order valence-electron chi connectivity index (χ4n) is 1.88. The summed E-state index contributed by atoms with van der Waals surface area (Å²) in [5.41, 5.74) is 3.26. The van der Waals surface area contributed by atoms with Crippen molar-refractivity contribution in [2.75, 3.05) is 12.4 Å². The second-order valence-electron chi connectivity index (χ2n) is 4.82. The van der Waals surface area contributed by atoms with E-state index in [9.17, 15) is 0 Å². The van der Waals surface area contributed by atoms with Crippen molar-refractivity contribution in [2.24, 2.45) is 0 Å². The van der Waals surface area contributed by atoms with Crippen LogP contribution < -0.4 is 15.4 Å². The van der Waals surface area contributed by atoms with Crippen molar-refractivity contribution in [1.29, 1.82) is 0 Å². The monoisotopic (exact) mass is 301 g/mol. The number of aryl methyl sites for hydroxylation is 1. The molecule has 0 saturated carbocycles. The van der Waals surface area contributed by atoms with E-state index in [-0.39, 0.29) is 6.04 Å². The average Bonchev–Trinajstić information content (AvgIpc) is 2.48. The molecule has 1 aromatic carbocycles. The van der Waals surface area contributed by atoms with Crippen LogP contribution >= 0.6 is 12.2 Å². The summed E-state index contributed by atoms with van der Waals surface area (Å²) in [5.74, 6) is 0.576. The number of pyridine rings is 1. The van der Waals surface area contributed by atoms with Crippen molar-refractivity contribution in [3.63, 3.8) is 0 Å². The minimum atomic E-state index is 0.136. The van der Waals surface area contributed by atoms with Crippen LogP contribution in [0.4, 0.5) is 5.69 Å². The molecule has 1 unspecified atom stereocenters. The summed E-state index contributed by atoms with van der Waals surface area (Å²) in [6, 6.07) is 12.2. The molecule has 0 bridgehead atoms. The van der Waals surface area contributed by atoms with Gasteiger partial charge in [-0.25, -0.2) is 4.98 Å². The van der Waals surface area contributed by atoms with E-state index in [1.165, 1.54) is 11.1 Å². The first-order valence-corrected chi connectivity index (χ1v) is 7.13. The van der Waals surface area contributed by atoms with Gasteiger partial charge in [0.25, 0.3) is 0 Å². The van der Waals surface area contributed by atoms with Crippen LogP contribution in [0, 0.1) is 6.92 Å². The summed E-state index contributed by atoms with van der Waals surface area (Å²) in [5, 5.41) is 6.93. The van der Waals surface area contributed by atoms with Crippen LogP contribution in [0.2, 0.25) is 0 Å². The van der Waals surface area contributed by atoms with Crippen molar-refractivity contribution in [2.45, 2.75) is 19.9 Å². The summed E-state index contributed by atoms with van der Waals surface area (Å²) < 4.78 is 5.02. The van der Waals surface area contributed by atoms with E-state index in [1.54, 1.807) is 19.4 Å². The molecule has 5 heteroatoms. The van der Waals surface area contributed by atoms with E-state index in [1.807, 2.05) is 6.07 Å². The maximum absolute atomic E-state index is 5.32. The Labute approximate surface area is 130 Å². The zero-order chi connectivity index (χ0) is 15.2. The predicted molar refractivity (Wildman–Crippen MR) is 89.7 cm³/mol. The Bertz CT molecular complexity index is 596. The molecule has 0 aliphatic carbocycles. The standard InChI is InChI=1S/C16H19N3OS/c1-11-4-6-13(7-5-11)12(2)18-16(21)19-14-8-9-15(20-3)17-10-14/h4-10,12H,1-3H3,(H2,18,19,21). The summed E-state index contributed by atoms with van der Waals surface area (Å²) >= 11 is 5.32. The van der Waals surface area contributed by atoms with Crippen LogP contribution in [0.1, 0.15) is 24.1 Å². The van der Waals surface area contributed by atoms with Crippen LogP contribution in [-0.2, 0) is 0 Å². The third kappa shape index (κ3) is 4.43. The van der Waals surface area contributed by atoms with Gasteiger partial charge in [-0.05, 0) is 37.7 Å². The lowest BCUT2D eigenvalue weighted by Gasteiger charge is -2.17. The zero-order valence-electron chi connectivity index (χ0n) is 12.4. The molecule has 2 aromatic rings. The first-order valence-electron chi connectivity index (χ1n) is 6.72. The molecule has 110 valence electrons. The molecule has 0 aliphatic heterocycles. The number of aromatic nitrogens is 1. The number of hydrogen-bond donors (Lipinski definition) is 2. The zero-order valence-corrected chi connectivity index (χ0v) is 13.2. The Balaban J connectivity index is 1.92. The molecule has 0 amide bonds. The summed E-state index contributed by atoms with van der Waals surface area (Å²) in [6.07, 6.45) is 1.68. The second kappa shape index (κ2) is 7.04. The van der Waals surface area contributed by atoms with Gasteiger partial charge in [0.1, 0.15) is 0 Å². The van der Waals surface area contributed by atoms with Gasteiger partial charge >= 0.3 is 0 Å². The van der Waals surface area contributed by atoms with Gasteiger partial charge in [0.05, 0.1) is 25.0 Å². The Hall–Kier alpha value is -2.14. The maximum atomic E-state index is 5.32. The van der Waals surface area contributed by atoms with Gasteiger partial charge in [-0.3, -0.25) is 0 Å². The van der Waals surface area contributed by atoms with Crippen LogP contribution in [0.25, 0.3) is 0 Å². The summed E-state index contributed by atoms with van der Waals surface area (Å²) in [6.45, 7) is 4.15. The molecule has 4 nitrogen and oxygen atoms in total. The van der Waals surface area contributed by atoms with Gasteiger partial charge in [0.15, 0.2) is 5.11 Å². The maximum Gasteiger partial charge on any atom is 0.213 e. The lowest BCUT2D eigenvalue weighted by molar-refractivity contribution is 0.398. The van der Waals surface area contributed by atoms with Gasteiger partial charge in [0, 0.05) is 6.07 Å². The highest BCUT2D eigenvalue weighted by Crippen LogP contribution is 2.14. The average molecular weight is 301 g/mol. The second-order valence-corrected chi connectivity index (χ2v) is 5.23. The number of nitrogens with zero attached hydrogens (tertiary/aromatic N) is 1. The minimum absolute atomic E-state index is 0.136. The highest BCUT2D eigenvalue weighted by molar-refractivity contribution is 7.80. The number of thiocarbonyl (C=S) groups is 1. The van der Waals surface area contributed by atoms with Gasteiger partial charge in [-0.2, -0.15) is 0 Å². The molecule has 21 heavy (non-hydrogen) atoms. The number of anilines is 1. The van der Waals surface area contributed by atoms with Gasteiger partial charge in [0.2, 0.25) is 5.88 Å². The number of nitrogens with one attached hydrogen (secondary N) is 2. The van der Waals surface area contributed by atoms with Gasteiger partial charge in [-0.15, -0.1) is 0 Å². The lowest BCUT2D eigenvalue weighted by Crippen LogP contribution is -2.30. The molecule has 1 heterocycles. The molecule has 2 rings (SSSR count). The quantitative estimate of drug-likeness (QED) is 0.847. The molecule has 0 aliphatic rings. The third-order valence-electron chi connectivity index (χ3n) is 3.13. The van der Waals surface area contributed by atoms with Crippen molar-refractivity contribution >= 4 is 23.0 Å². The van der Waals surface area contributed by atoms with Crippen LogP contribution in [-0.4, -0.2) is 17.2 Å². The number of benzene rings is 1. The highest BCUT2D eigenvalue weighted by atomic mass is 32.1. The van der Waals surface area contributed by atoms with Crippen molar-refractivity contribution in [3.8, 4) is 5.88 Å². The first kappa shape index (κ1) is 15.3. The number of ether oxygens (including phenoxy) is 1. The molecule has 0 radical (unpaired) electrons. The minimum Gasteiger partial charge on any atom is -0.481 e. The fraction of sp³-hybridized carbons (Fsp3) is 0.250. The smallest absolute Gasteiger partial charge is 0.213 e. The third-order valence-corrected chi connectivity index (χ3v) is 3.35. The molecule has 0 spiro atoms. The van der Waals surface area contributed by atoms with E-state index in [0.717, 1.165) is 5.69 Å². The highest BCUT2D eigenvalue weighted by Gasteiger charge is 2.07. The number of hydrogen-bond acceptors (Lipinski definition) is 3. The Morgan fingerprint density at radius 3 is 2.48 bits per heavy atom. The van der Waals surface area contributed by atoms with E-state index in [0.29, 0.717) is 11.0 Å².